The molecule has 4 nitrogen and oxygen atoms in total. The van der Waals surface area contributed by atoms with Gasteiger partial charge in [0.25, 0.3) is 0 Å². The van der Waals surface area contributed by atoms with Crippen LogP contribution in [0.25, 0.3) is 0 Å². The number of para-hydroxylation sites is 1. The fourth-order valence-corrected chi connectivity index (χ4v) is 2.08. The van der Waals surface area contributed by atoms with E-state index in [1.807, 2.05) is 18.2 Å². The first-order valence-electron chi connectivity index (χ1n) is 6.37. The van der Waals surface area contributed by atoms with Crippen molar-refractivity contribution in [3.8, 4) is 11.5 Å². The molecule has 0 fully saturated rings. The summed E-state index contributed by atoms with van der Waals surface area (Å²) in [6.07, 6.45) is 0. The van der Waals surface area contributed by atoms with Gasteiger partial charge in [0.05, 0.1) is 14.2 Å². The van der Waals surface area contributed by atoms with Gasteiger partial charge in [-0.15, -0.1) is 11.6 Å². The van der Waals surface area contributed by atoms with Crippen molar-refractivity contribution < 1.29 is 14.3 Å². The van der Waals surface area contributed by atoms with E-state index in [1.165, 1.54) is 7.11 Å². The van der Waals surface area contributed by atoms with Crippen molar-refractivity contribution in [1.82, 2.24) is 0 Å². The summed E-state index contributed by atoms with van der Waals surface area (Å²) in [7, 11) is 3.09. The molecular weight excluding hydrogens is 290 g/mol. The third-order valence-corrected chi connectivity index (χ3v) is 3.42. The number of amides is 1. The van der Waals surface area contributed by atoms with Crippen LogP contribution in [0.4, 0.5) is 5.69 Å². The first-order valence-corrected chi connectivity index (χ1v) is 6.81. The summed E-state index contributed by atoms with van der Waals surface area (Å²) in [5.41, 5.74) is 1.34. The van der Waals surface area contributed by atoms with Crippen LogP contribution in [0, 0.1) is 0 Å². The summed E-state index contributed by atoms with van der Waals surface area (Å²) in [5.74, 6) is 0.830. The Morgan fingerprint density at radius 3 is 2.33 bits per heavy atom. The molecule has 0 bridgehead atoms. The zero-order valence-corrected chi connectivity index (χ0v) is 12.6. The Morgan fingerprint density at radius 2 is 1.71 bits per heavy atom. The van der Waals surface area contributed by atoms with Gasteiger partial charge in [-0.05, 0) is 29.8 Å². The van der Waals surface area contributed by atoms with Crippen molar-refractivity contribution in [2.24, 2.45) is 0 Å². The van der Waals surface area contributed by atoms with Gasteiger partial charge in [-0.25, -0.2) is 0 Å². The number of hydrogen-bond acceptors (Lipinski definition) is 3. The lowest BCUT2D eigenvalue weighted by molar-refractivity contribution is -0.116. The number of alkyl halides is 1. The second-order valence-electron chi connectivity index (χ2n) is 4.33. The number of carbonyl (C=O) groups is 1. The van der Waals surface area contributed by atoms with Crippen LogP contribution >= 0.6 is 11.6 Å². The molecule has 5 heteroatoms. The topological polar surface area (TPSA) is 47.6 Å². The average molecular weight is 306 g/mol. The molecule has 1 amide bonds. The summed E-state index contributed by atoms with van der Waals surface area (Å²) in [6, 6.07) is 14.3. The first-order chi connectivity index (χ1) is 10.2. The minimum absolute atomic E-state index is 0.296. The molecule has 0 saturated carbocycles. The van der Waals surface area contributed by atoms with Gasteiger partial charge in [0.2, 0.25) is 5.91 Å². The van der Waals surface area contributed by atoms with Gasteiger partial charge >= 0.3 is 0 Å². The summed E-state index contributed by atoms with van der Waals surface area (Å²) in [6.45, 7) is 0. The van der Waals surface area contributed by atoms with Crippen LogP contribution in [0.3, 0.4) is 0 Å². The monoisotopic (exact) mass is 305 g/mol. The largest absolute Gasteiger partial charge is 0.493 e. The number of ether oxygens (including phenoxy) is 2. The van der Waals surface area contributed by atoms with Crippen LogP contribution in [0.15, 0.2) is 48.5 Å². The highest BCUT2D eigenvalue weighted by Gasteiger charge is 2.19. The normalized spacial score (nSPS) is 11.6. The lowest BCUT2D eigenvalue weighted by Gasteiger charge is -2.13. The molecular formula is C16H16ClNO3. The molecule has 2 rings (SSSR count). The summed E-state index contributed by atoms with van der Waals surface area (Å²) in [4.78, 5) is 12.2. The van der Waals surface area contributed by atoms with E-state index >= 15 is 0 Å². The Hall–Kier alpha value is -2.20. The number of rotatable bonds is 5. The van der Waals surface area contributed by atoms with Crippen LogP contribution in [-0.4, -0.2) is 20.1 Å². The molecule has 21 heavy (non-hydrogen) atoms. The maximum absolute atomic E-state index is 12.2. The Kier molecular flexibility index (Phi) is 5.06. The van der Waals surface area contributed by atoms with E-state index in [0.717, 1.165) is 0 Å². The molecule has 110 valence electrons. The molecule has 0 aliphatic carbocycles. The minimum Gasteiger partial charge on any atom is -0.493 e. The smallest absolute Gasteiger partial charge is 0.246 e. The minimum atomic E-state index is -0.815. The molecule has 0 aliphatic rings. The zero-order valence-electron chi connectivity index (χ0n) is 11.8. The second kappa shape index (κ2) is 6.99. The van der Waals surface area contributed by atoms with Gasteiger partial charge in [-0.1, -0.05) is 24.3 Å². The van der Waals surface area contributed by atoms with Gasteiger partial charge in [-0.2, -0.15) is 0 Å². The Bertz CT molecular complexity index is 616. The number of benzene rings is 2. The van der Waals surface area contributed by atoms with Gasteiger partial charge in [0.15, 0.2) is 11.5 Å². The van der Waals surface area contributed by atoms with Gasteiger partial charge in [-0.3, -0.25) is 4.79 Å². The molecule has 1 unspecified atom stereocenters. The maximum atomic E-state index is 12.2. The molecule has 2 aromatic carbocycles. The third kappa shape index (κ3) is 3.67. The van der Waals surface area contributed by atoms with Crippen molar-refractivity contribution in [3.05, 3.63) is 54.1 Å². The fourth-order valence-electron chi connectivity index (χ4n) is 1.89. The molecule has 1 N–H and O–H groups in total. The van der Waals surface area contributed by atoms with E-state index in [1.54, 1.807) is 37.4 Å². The second-order valence-corrected chi connectivity index (χ2v) is 4.77. The molecule has 0 aliphatic heterocycles. The van der Waals surface area contributed by atoms with E-state index in [9.17, 15) is 4.79 Å². The van der Waals surface area contributed by atoms with Crippen molar-refractivity contribution in [2.75, 3.05) is 19.5 Å². The van der Waals surface area contributed by atoms with Crippen molar-refractivity contribution in [3.63, 3.8) is 0 Å². The third-order valence-electron chi connectivity index (χ3n) is 2.97. The van der Waals surface area contributed by atoms with Crippen LogP contribution < -0.4 is 14.8 Å². The predicted octanol–water partition coefficient (Wildman–Crippen LogP) is 3.62. The standard InChI is InChI=1S/C16H16ClNO3/c1-20-13-9-8-11(10-14(13)21-2)15(17)16(19)18-12-6-4-3-5-7-12/h3-10,15H,1-2H3,(H,18,19). The van der Waals surface area contributed by atoms with Crippen molar-refractivity contribution >= 4 is 23.2 Å². The van der Waals surface area contributed by atoms with Gasteiger partial charge in [0.1, 0.15) is 5.38 Å². The number of methoxy groups -OCH3 is 2. The Labute approximate surface area is 128 Å². The molecule has 1 atom stereocenters. The fraction of sp³-hybridized carbons (Fsp3) is 0.188. The maximum Gasteiger partial charge on any atom is 0.246 e. The number of carbonyl (C=O) groups excluding carboxylic acids is 1. The van der Waals surface area contributed by atoms with E-state index in [2.05, 4.69) is 5.32 Å². The van der Waals surface area contributed by atoms with E-state index in [4.69, 9.17) is 21.1 Å². The van der Waals surface area contributed by atoms with Crippen LogP contribution in [0.1, 0.15) is 10.9 Å². The summed E-state index contributed by atoms with van der Waals surface area (Å²) < 4.78 is 10.4. The molecule has 0 saturated heterocycles. The molecule has 0 aromatic heterocycles. The van der Waals surface area contributed by atoms with E-state index in [0.29, 0.717) is 22.7 Å². The highest BCUT2D eigenvalue weighted by molar-refractivity contribution is 6.32. The van der Waals surface area contributed by atoms with Gasteiger partial charge in [0, 0.05) is 5.69 Å². The first kappa shape index (κ1) is 15.2. The van der Waals surface area contributed by atoms with Crippen LogP contribution in [0.2, 0.25) is 0 Å². The number of halogens is 1. The number of hydrogen-bond donors (Lipinski definition) is 1. The van der Waals surface area contributed by atoms with E-state index < -0.39 is 5.38 Å². The highest BCUT2D eigenvalue weighted by atomic mass is 35.5. The zero-order chi connectivity index (χ0) is 15.2. The Balaban J connectivity index is 2.15. The quantitative estimate of drug-likeness (QED) is 0.858. The molecule has 0 heterocycles. The van der Waals surface area contributed by atoms with Gasteiger partial charge < -0.3 is 14.8 Å². The SMILES string of the molecule is COc1ccc(C(Cl)C(=O)Nc2ccccc2)cc1OC. The lowest BCUT2D eigenvalue weighted by atomic mass is 10.1. The predicted molar refractivity (Wildman–Crippen MR) is 83.2 cm³/mol. The number of anilines is 1. The van der Waals surface area contributed by atoms with Crippen molar-refractivity contribution in [2.45, 2.75) is 5.38 Å². The molecule has 2 aromatic rings. The summed E-state index contributed by atoms with van der Waals surface area (Å²) in [5, 5.41) is 1.95. The molecule has 0 spiro atoms. The average Bonchev–Trinajstić information content (AvgIpc) is 2.54. The van der Waals surface area contributed by atoms with E-state index in [-0.39, 0.29) is 5.91 Å². The van der Waals surface area contributed by atoms with Crippen LogP contribution in [0.5, 0.6) is 11.5 Å². The van der Waals surface area contributed by atoms with Crippen LogP contribution in [-0.2, 0) is 4.79 Å². The number of nitrogens with one attached hydrogen (secondary N) is 1. The Morgan fingerprint density at radius 1 is 1.05 bits per heavy atom. The van der Waals surface area contributed by atoms with Crippen molar-refractivity contribution in [1.29, 1.82) is 0 Å². The summed E-state index contributed by atoms with van der Waals surface area (Å²) >= 11 is 6.22. The highest BCUT2D eigenvalue weighted by Crippen LogP contribution is 2.32. The molecule has 0 radical (unpaired) electrons. The lowest BCUT2D eigenvalue weighted by Crippen LogP contribution is -2.17.